The predicted octanol–water partition coefficient (Wildman–Crippen LogP) is 2.22. The maximum atomic E-state index is 13.6. The molecule has 3 rings (SSSR count). The van der Waals surface area contributed by atoms with Crippen LogP contribution in [0.25, 0.3) is 0 Å². The van der Waals surface area contributed by atoms with E-state index in [1.165, 1.54) is 6.07 Å². The molecular weight excluding hydrogens is 371 g/mol. The highest BCUT2D eigenvalue weighted by Gasteiger charge is 2.28. The van der Waals surface area contributed by atoms with Crippen LogP contribution in [-0.2, 0) is 0 Å². The summed E-state index contributed by atoms with van der Waals surface area (Å²) in [5, 5.41) is 6.12. The van der Waals surface area contributed by atoms with Crippen LogP contribution < -0.4 is 10.6 Å². The molecule has 2 N–H and O–H groups in total. The van der Waals surface area contributed by atoms with Crippen LogP contribution in [0.15, 0.2) is 41.9 Å². The molecule has 0 bridgehead atoms. The first kappa shape index (κ1) is 20.8. The molecule has 29 heavy (non-hydrogen) atoms. The maximum absolute atomic E-state index is 13.6. The highest BCUT2D eigenvalue weighted by molar-refractivity contribution is 5.94. The minimum absolute atomic E-state index is 0.285. The topological polar surface area (TPSA) is 74.6 Å². The number of nitrogens with one attached hydrogen (secondary N) is 2. The number of likely N-dealkylation sites (tertiary alicyclic amines) is 1. The Morgan fingerprint density at radius 3 is 2.83 bits per heavy atom. The summed E-state index contributed by atoms with van der Waals surface area (Å²) in [7, 11) is 1.76. The van der Waals surface area contributed by atoms with Crippen molar-refractivity contribution in [3.63, 3.8) is 0 Å². The van der Waals surface area contributed by atoms with Gasteiger partial charge in [-0.3, -0.25) is 9.79 Å². The number of carbonyl (C=O) groups excluding carboxylic acids is 1. The van der Waals surface area contributed by atoms with Crippen molar-refractivity contribution in [2.75, 3.05) is 33.2 Å². The van der Waals surface area contributed by atoms with Crippen molar-refractivity contribution in [1.82, 2.24) is 25.1 Å². The molecule has 1 aromatic carbocycles. The van der Waals surface area contributed by atoms with Crippen molar-refractivity contribution in [1.29, 1.82) is 0 Å². The molecule has 2 heterocycles. The van der Waals surface area contributed by atoms with Crippen LogP contribution in [0, 0.1) is 18.7 Å². The number of nitrogens with zero attached hydrogens (tertiary/aromatic N) is 4. The van der Waals surface area contributed by atoms with E-state index in [-0.39, 0.29) is 11.7 Å². The van der Waals surface area contributed by atoms with Gasteiger partial charge in [0.25, 0.3) is 5.91 Å². The van der Waals surface area contributed by atoms with E-state index in [2.05, 4.69) is 37.0 Å². The molecular formula is C21H29FN6O. The number of carbonyl (C=O) groups is 1. The quantitative estimate of drug-likeness (QED) is 0.459. The Bertz CT molecular complexity index is 851. The highest BCUT2D eigenvalue weighted by Crippen LogP contribution is 2.27. The fourth-order valence-electron chi connectivity index (χ4n) is 3.61. The van der Waals surface area contributed by atoms with Gasteiger partial charge < -0.3 is 20.1 Å². The van der Waals surface area contributed by atoms with Crippen LogP contribution in [0.1, 0.15) is 35.3 Å². The van der Waals surface area contributed by atoms with Gasteiger partial charge in [-0.2, -0.15) is 0 Å². The molecule has 1 aliphatic rings. The van der Waals surface area contributed by atoms with Gasteiger partial charge in [-0.15, -0.1) is 0 Å². The maximum Gasteiger partial charge on any atom is 0.251 e. The molecule has 156 valence electrons. The average molecular weight is 401 g/mol. The fourth-order valence-corrected chi connectivity index (χ4v) is 3.61. The van der Waals surface area contributed by atoms with E-state index in [9.17, 15) is 9.18 Å². The van der Waals surface area contributed by atoms with Gasteiger partial charge in [-0.1, -0.05) is 13.0 Å². The first-order chi connectivity index (χ1) is 14.0. The smallest absolute Gasteiger partial charge is 0.251 e. The fraction of sp³-hybridized carbons (Fsp3) is 0.476. The van der Waals surface area contributed by atoms with Gasteiger partial charge >= 0.3 is 0 Å². The molecule has 7 nitrogen and oxygen atoms in total. The van der Waals surface area contributed by atoms with Crippen molar-refractivity contribution in [2.24, 2.45) is 10.9 Å². The minimum Gasteiger partial charge on any atom is -0.354 e. The summed E-state index contributed by atoms with van der Waals surface area (Å²) in [6.45, 7) is 6.68. The summed E-state index contributed by atoms with van der Waals surface area (Å²) in [6, 6.07) is 4.85. The summed E-state index contributed by atoms with van der Waals surface area (Å²) in [4.78, 5) is 23.0. The largest absolute Gasteiger partial charge is 0.354 e. The second kappa shape index (κ2) is 9.54. The van der Waals surface area contributed by atoms with Crippen molar-refractivity contribution < 1.29 is 9.18 Å². The number of imidazole rings is 1. The van der Waals surface area contributed by atoms with Crippen LogP contribution in [0.5, 0.6) is 0 Å². The molecule has 1 saturated heterocycles. The summed E-state index contributed by atoms with van der Waals surface area (Å²) in [5.74, 6) is 0.723. The molecule has 1 aromatic heterocycles. The van der Waals surface area contributed by atoms with Crippen LogP contribution >= 0.6 is 0 Å². The Kier molecular flexibility index (Phi) is 6.85. The number of aromatic nitrogens is 2. The summed E-state index contributed by atoms with van der Waals surface area (Å²) in [5.41, 5.74) is 0.850. The van der Waals surface area contributed by atoms with Crippen LogP contribution in [0.4, 0.5) is 4.39 Å². The Morgan fingerprint density at radius 1 is 1.34 bits per heavy atom. The molecule has 1 fully saturated rings. The average Bonchev–Trinajstić information content (AvgIpc) is 3.25. The van der Waals surface area contributed by atoms with Crippen LogP contribution in [0.3, 0.4) is 0 Å². The first-order valence-corrected chi connectivity index (χ1v) is 9.97. The van der Waals surface area contributed by atoms with Gasteiger partial charge in [0, 0.05) is 51.2 Å². The molecule has 2 atom stereocenters. The third-order valence-corrected chi connectivity index (χ3v) is 5.47. The van der Waals surface area contributed by atoms with Gasteiger partial charge in [0.1, 0.15) is 5.82 Å². The van der Waals surface area contributed by atoms with Gasteiger partial charge in [0.05, 0.1) is 12.4 Å². The number of amides is 1. The standard InChI is InChI=1S/C21H29FN6O/c1-15-4-5-17(12-18(15)22)20(29)25-7-8-26-21(23-3)27-10-6-16(2)19(13-27)28-11-9-24-14-28/h4-5,9,11-12,14,16,19H,6-8,10,13H2,1-3H3,(H,23,26)(H,25,29). The zero-order chi connectivity index (χ0) is 20.8. The number of piperidine rings is 1. The summed E-state index contributed by atoms with van der Waals surface area (Å²) in [6.07, 6.45) is 6.75. The molecule has 1 amide bonds. The van der Waals surface area contributed by atoms with Gasteiger partial charge in [0.15, 0.2) is 5.96 Å². The molecule has 0 saturated carbocycles. The number of halogens is 1. The Hall–Kier alpha value is -2.90. The lowest BCUT2D eigenvalue weighted by Crippen LogP contribution is -2.50. The lowest BCUT2D eigenvalue weighted by molar-refractivity contribution is 0.0953. The number of aryl methyl sites for hydroxylation is 1. The normalized spacial score (nSPS) is 19.9. The molecule has 8 heteroatoms. The van der Waals surface area contributed by atoms with Crippen molar-refractivity contribution in [3.05, 3.63) is 53.9 Å². The number of benzene rings is 1. The van der Waals surface area contributed by atoms with E-state index in [0.29, 0.717) is 36.2 Å². The number of hydrogen-bond acceptors (Lipinski definition) is 3. The second-order valence-electron chi connectivity index (χ2n) is 7.48. The number of aliphatic imine (C=N–C) groups is 1. The monoisotopic (exact) mass is 400 g/mol. The zero-order valence-electron chi connectivity index (χ0n) is 17.2. The van der Waals surface area contributed by atoms with Gasteiger partial charge in [-0.05, 0) is 37.0 Å². The number of rotatable bonds is 5. The lowest BCUT2D eigenvalue weighted by Gasteiger charge is -2.39. The van der Waals surface area contributed by atoms with E-state index < -0.39 is 0 Å². The molecule has 0 radical (unpaired) electrons. The Labute approximate surface area is 171 Å². The number of hydrogen-bond donors (Lipinski definition) is 2. The Balaban J connectivity index is 1.49. The third-order valence-electron chi connectivity index (χ3n) is 5.47. The predicted molar refractivity (Wildman–Crippen MR) is 111 cm³/mol. The summed E-state index contributed by atoms with van der Waals surface area (Å²) < 4.78 is 15.8. The molecule has 2 aromatic rings. The molecule has 0 aliphatic carbocycles. The summed E-state index contributed by atoms with van der Waals surface area (Å²) >= 11 is 0. The van der Waals surface area contributed by atoms with Crippen LogP contribution in [0.2, 0.25) is 0 Å². The van der Waals surface area contributed by atoms with E-state index in [1.54, 1.807) is 32.3 Å². The van der Waals surface area contributed by atoms with E-state index in [1.807, 2.05) is 12.5 Å². The Morgan fingerprint density at radius 2 is 2.14 bits per heavy atom. The molecule has 0 spiro atoms. The van der Waals surface area contributed by atoms with Gasteiger partial charge in [0.2, 0.25) is 0 Å². The van der Waals surface area contributed by atoms with Crippen molar-refractivity contribution in [3.8, 4) is 0 Å². The highest BCUT2D eigenvalue weighted by atomic mass is 19.1. The third kappa shape index (κ3) is 5.13. The minimum atomic E-state index is -0.372. The van der Waals surface area contributed by atoms with E-state index >= 15 is 0 Å². The first-order valence-electron chi connectivity index (χ1n) is 9.97. The van der Waals surface area contributed by atoms with E-state index in [4.69, 9.17) is 0 Å². The van der Waals surface area contributed by atoms with Crippen molar-refractivity contribution >= 4 is 11.9 Å². The van der Waals surface area contributed by atoms with E-state index in [0.717, 1.165) is 25.5 Å². The molecule has 1 aliphatic heterocycles. The molecule has 2 unspecified atom stereocenters. The van der Waals surface area contributed by atoms with Crippen molar-refractivity contribution in [2.45, 2.75) is 26.3 Å². The number of guanidine groups is 1. The second-order valence-corrected chi connectivity index (χ2v) is 7.48. The van der Waals surface area contributed by atoms with Gasteiger partial charge in [-0.25, -0.2) is 9.37 Å². The van der Waals surface area contributed by atoms with Crippen LogP contribution in [-0.4, -0.2) is 59.5 Å². The SMILES string of the molecule is CN=C(NCCNC(=O)c1ccc(C)c(F)c1)N1CCC(C)C(n2ccnc2)C1. The zero-order valence-corrected chi connectivity index (χ0v) is 17.2. The lowest BCUT2D eigenvalue weighted by atomic mass is 9.93.